The third-order valence-electron chi connectivity index (χ3n) is 5.36. The Balaban J connectivity index is 1.86. The number of thioether (sulfide) groups is 1. The standard InChI is InChI=1S/C17H33NS/c1-3-14-6-5-7-16(12-14)17(18-4-2)13-15-8-10-19-11-9-15/h14-18H,3-13H2,1-2H3. The van der Waals surface area contributed by atoms with Crippen molar-refractivity contribution in [1.82, 2.24) is 5.32 Å². The van der Waals surface area contributed by atoms with Gasteiger partial charge < -0.3 is 5.32 Å². The van der Waals surface area contributed by atoms with Crippen molar-refractivity contribution in [3.05, 3.63) is 0 Å². The van der Waals surface area contributed by atoms with Gasteiger partial charge in [0.1, 0.15) is 0 Å². The summed E-state index contributed by atoms with van der Waals surface area (Å²) >= 11 is 2.16. The van der Waals surface area contributed by atoms with E-state index in [1.165, 1.54) is 62.9 Å². The summed E-state index contributed by atoms with van der Waals surface area (Å²) in [5.41, 5.74) is 0. The molecule has 1 nitrogen and oxygen atoms in total. The van der Waals surface area contributed by atoms with Gasteiger partial charge in [-0.2, -0.15) is 11.8 Å². The maximum Gasteiger partial charge on any atom is 0.00979 e. The van der Waals surface area contributed by atoms with Crippen LogP contribution >= 0.6 is 11.8 Å². The van der Waals surface area contributed by atoms with Crippen molar-refractivity contribution in [2.75, 3.05) is 18.1 Å². The van der Waals surface area contributed by atoms with Crippen molar-refractivity contribution in [1.29, 1.82) is 0 Å². The topological polar surface area (TPSA) is 12.0 Å². The van der Waals surface area contributed by atoms with Crippen LogP contribution in [-0.4, -0.2) is 24.1 Å². The molecule has 0 aromatic heterocycles. The first-order chi connectivity index (χ1) is 9.33. The molecule has 1 N–H and O–H groups in total. The molecule has 2 heteroatoms. The van der Waals surface area contributed by atoms with Crippen LogP contribution in [0.4, 0.5) is 0 Å². The van der Waals surface area contributed by atoms with Gasteiger partial charge in [0.2, 0.25) is 0 Å². The third-order valence-corrected chi connectivity index (χ3v) is 6.41. The summed E-state index contributed by atoms with van der Waals surface area (Å²) in [6, 6.07) is 0.812. The fourth-order valence-corrected chi connectivity index (χ4v) is 5.32. The van der Waals surface area contributed by atoms with Gasteiger partial charge in [0.15, 0.2) is 0 Å². The fourth-order valence-electron chi connectivity index (χ4n) is 4.11. The maximum absolute atomic E-state index is 3.84. The average molecular weight is 284 g/mol. The molecule has 1 aliphatic heterocycles. The lowest BCUT2D eigenvalue weighted by Gasteiger charge is -2.37. The second-order valence-electron chi connectivity index (χ2n) is 6.66. The number of hydrogen-bond acceptors (Lipinski definition) is 2. The Hall–Kier alpha value is 0.310. The molecule has 0 bridgehead atoms. The van der Waals surface area contributed by atoms with Crippen molar-refractivity contribution in [3.63, 3.8) is 0 Å². The normalized spacial score (nSPS) is 31.3. The molecule has 112 valence electrons. The van der Waals surface area contributed by atoms with Crippen LogP contribution in [0.3, 0.4) is 0 Å². The molecule has 0 radical (unpaired) electrons. The fraction of sp³-hybridized carbons (Fsp3) is 1.00. The largest absolute Gasteiger partial charge is 0.314 e. The molecule has 3 atom stereocenters. The zero-order chi connectivity index (χ0) is 13.5. The highest BCUT2D eigenvalue weighted by atomic mass is 32.2. The third kappa shape index (κ3) is 4.97. The van der Waals surface area contributed by atoms with Crippen LogP contribution in [0.5, 0.6) is 0 Å². The highest BCUT2D eigenvalue weighted by molar-refractivity contribution is 7.99. The Labute approximate surface area is 124 Å². The van der Waals surface area contributed by atoms with Gasteiger partial charge in [0, 0.05) is 6.04 Å². The summed E-state index contributed by atoms with van der Waals surface area (Å²) in [5, 5.41) is 3.84. The zero-order valence-electron chi connectivity index (χ0n) is 13.0. The van der Waals surface area contributed by atoms with Gasteiger partial charge in [-0.05, 0) is 67.9 Å². The predicted octanol–water partition coefficient (Wildman–Crippen LogP) is 4.71. The summed E-state index contributed by atoms with van der Waals surface area (Å²) < 4.78 is 0. The summed E-state index contributed by atoms with van der Waals surface area (Å²) in [5.74, 6) is 5.81. The van der Waals surface area contributed by atoms with Crippen LogP contribution in [0.2, 0.25) is 0 Å². The first kappa shape index (κ1) is 15.7. The van der Waals surface area contributed by atoms with Gasteiger partial charge in [-0.25, -0.2) is 0 Å². The minimum absolute atomic E-state index is 0.812. The molecule has 0 aromatic carbocycles. The van der Waals surface area contributed by atoms with E-state index in [9.17, 15) is 0 Å². The second-order valence-corrected chi connectivity index (χ2v) is 7.88. The average Bonchev–Trinajstić information content (AvgIpc) is 2.48. The lowest BCUT2D eigenvalue weighted by molar-refractivity contribution is 0.186. The zero-order valence-corrected chi connectivity index (χ0v) is 13.8. The molecule has 3 unspecified atom stereocenters. The summed E-state index contributed by atoms with van der Waals surface area (Å²) in [7, 11) is 0. The van der Waals surface area contributed by atoms with Crippen molar-refractivity contribution < 1.29 is 0 Å². The first-order valence-electron chi connectivity index (χ1n) is 8.64. The second kappa shape index (κ2) is 8.56. The molecule has 19 heavy (non-hydrogen) atoms. The quantitative estimate of drug-likeness (QED) is 0.757. The summed E-state index contributed by atoms with van der Waals surface area (Å²) in [6.07, 6.45) is 11.7. The van der Waals surface area contributed by atoms with Crippen LogP contribution in [0.15, 0.2) is 0 Å². The van der Waals surface area contributed by atoms with E-state index < -0.39 is 0 Å². The van der Waals surface area contributed by atoms with Gasteiger partial charge in [-0.3, -0.25) is 0 Å². The smallest absolute Gasteiger partial charge is 0.00979 e. The molecule has 1 saturated heterocycles. The highest BCUT2D eigenvalue weighted by Gasteiger charge is 2.29. The Kier molecular flexibility index (Phi) is 7.07. The Bertz CT molecular complexity index is 237. The lowest BCUT2D eigenvalue weighted by Crippen LogP contribution is -2.40. The first-order valence-corrected chi connectivity index (χ1v) is 9.80. The molecule has 2 rings (SSSR count). The minimum atomic E-state index is 0.812. The van der Waals surface area contributed by atoms with E-state index in [0.29, 0.717) is 0 Å². The van der Waals surface area contributed by atoms with Crippen LogP contribution < -0.4 is 5.32 Å². The number of rotatable bonds is 6. The highest BCUT2D eigenvalue weighted by Crippen LogP contribution is 2.36. The van der Waals surface area contributed by atoms with Gasteiger partial charge in [0.25, 0.3) is 0 Å². The van der Waals surface area contributed by atoms with E-state index in [4.69, 9.17) is 0 Å². The van der Waals surface area contributed by atoms with Gasteiger partial charge in [0.05, 0.1) is 0 Å². The van der Waals surface area contributed by atoms with Crippen molar-refractivity contribution in [2.24, 2.45) is 17.8 Å². The van der Waals surface area contributed by atoms with Crippen molar-refractivity contribution in [2.45, 2.75) is 71.3 Å². The van der Waals surface area contributed by atoms with E-state index in [1.807, 2.05) is 0 Å². The Morgan fingerprint density at radius 2 is 1.84 bits per heavy atom. The van der Waals surface area contributed by atoms with Crippen LogP contribution in [0, 0.1) is 17.8 Å². The molecule has 0 spiro atoms. The van der Waals surface area contributed by atoms with E-state index in [-0.39, 0.29) is 0 Å². The van der Waals surface area contributed by atoms with Crippen molar-refractivity contribution in [3.8, 4) is 0 Å². The molecule has 1 heterocycles. The molecule has 1 saturated carbocycles. The molecular weight excluding hydrogens is 250 g/mol. The molecule has 0 amide bonds. The van der Waals surface area contributed by atoms with Gasteiger partial charge in [-0.1, -0.05) is 33.1 Å². The molecule has 0 aromatic rings. The van der Waals surface area contributed by atoms with Crippen LogP contribution in [0.1, 0.15) is 65.2 Å². The molecule has 2 fully saturated rings. The van der Waals surface area contributed by atoms with E-state index in [0.717, 1.165) is 30.3 Å². The van der Waals surface area contributed by atoms with E-state index >= 15 is 0 Å². The monoisotopic (exact) mass is 283 g/mol. The molecular formula is C17H33NS. The predicted molar refractivity (Wildman–Crippen MR) is 87.9 cm³/mol. The minimum Gasteiger partial charge on any atom is -0.314 e. The number of nitrogens with one attached hydrogen (secondary N) is 1. The van der Waals surface area contributed by atoms with Gasteiger partial charge >= 0.3 is 0 Å². The summed E-state index contributed by atoms with van der Waals surface area (Å²) in [6.45, 7) is 5.82. The molecule has 2 aliphatic rings. The summed E-state index contributed by atoms with van der Waals surface area (Å²) in [4.78, 5) is 0. The molecule has 1 aliphatic carbocycles. The number of hydrogen-bond donors (Lipinski definition) is 1. The van der Waals surface area contributed by atoms with E-state index in [1.54, 1.807) is 0 Å². The van der Waals surface area contributed by atoms with E-state index in [2.05, 4.69) is 30.9 Å². The van der Waals surface area contributed by atoms with Gasteiger partial charge in [-0.15, -0.1) is 0 Å². The van der Waals surface area contributed by atoms with Crippen LogP contribution in [0.25, 0.3) is 0 Å². The SMILES string of the molecule is CCNC(CC1CCSCC1)C1CCCC(CC)C1. The Morgan fingerprint density at radius 1 is 1.05 bits per heavy atom. The van der Waals surface area contributed by atoms with Crippen molar-refractivity contribution >= 4 is 11.8 Å². The van der Waals surface area contributed by atoms with Crippen LogP contribution in [-0.2, 0) is 0 Å². The maximum atomic E-state index is 3.84. The Morgan fingerprint density at radius 3 is 2.53 bits per heavy atom. The lowest BCUT2D eigenvalue weighted by atomic mass is 9.74.